The number of carbonyl (C=O) groups excluding carboxylic acids is 2. The highest BCUT2D eigenvalue weighted by Gasteiger charge is 2.21. The molecule has 3 aromatic rings. The summed E-state index contributed by atoms with van der Waals surface area (Å²) in [5, 5.41) is 11.3. The quantitative estimate of drug-likeness (QED) is 0.583. The Hall–Kier alpha value is -3.48. The van der Waals surface area contributed by atoms with Crippen LogP contribution >= 0.6 is 0 Å². The molecule has 7 heteroatoms. The molecular formula is C18H15N3O4. The summed E-state index contributed by atoms with van der Waals surface area (Å²) >= 11 is 0. The first-order valence-corrected chi connectivity index (χ1v) is 7.56. The van der Waals surface area contributed by atoms with Crippen LogP contribution in [0.25, 0.3) is 10.9 Å². The number of non-ortho nitro benzene ring substituents is 1. The van der Waals surface area contributed by atoms with Crippen LogP contribution in [0.1, 0.15) is 26.4 Å². The van der Waals surface area contributed by atoms with Crippen molar-refractivity contribution in [1.82, 2.24) is 4.57 Å². The molecule has 7 nitrogen and oxygen atoms in total. The first kappa shape index (κ1) is 16.4. The summed E-state index contributed by atoms with van der Waals surface area (Å²) < 4.78 is 1.47. The van der Waals surface area contributed by atoms with Gasteiger partial charge in [-0.1, -0.05) is 30.3 Å². The van der Waals surface area contributed by atoms with Crippen molar-refractivity contribution >= 4 is 28.4 Å². The molecule has 0 spiro atoms. The van der Waals surface area contributed by atoms with Gasteiger partial charge in [0.1, 0.15) is 0 Å². The number of para-hydroxylation sites is 1. The predicted octanol–water partition coefficient (Wildman–Crippen LogP) is 2.84. The number of hydrogen-bond donors (Lipinski definition) is 1. The number of rotatable bonds is 4. The van der Waals surface area contributed by atoms with Gasteiger partial charge in [0.2, 0.25) is 5.91 Å². The SMILES string of the molecule is Cc1c(C(N)=O)c2ccccc2n1C(=O)Cc1ccc([N+](=O)[O-])cc1. The molecule has 0 fully saturated rings. The Morgan fingerprint density at radius 1 is 1.12 bits per heavy atom. The second-order valence-corrected chi connectivity index (χ2v) is 5.67. The first-order chi connectivity index (χ1) is 11.9. The Bertz CT molecular complexity index is 1000. The number of primary amides is 1. The van der Waals surface area contributed by atoms with Crippen LogP contribution in [0.4, 0.5) is 5.69 Å². The van der Waals surface area contributed by atoms with Crippen LogP contribution in [0.15, 0.2) is 48.5 Å². The maximum absolute atomic E-state index is 12.8. The average molecular weight is 337 g/mol. The molecule has 0 aliphatic rings. The summed E-state index contributed by atoms with van der Waals surface area (Å²) in [7, 11) is 0. The molecule has 0 bridgehead atoms. The molecule has 126 valence electrons. The highest BCUT2D eigenvalue weighted by atomic mass is 16.6. The van der Waals surface area contributed by atoms with Gasteiger partial charge >= 0.3 is 0 Å². The van der Waals surface area contributed by atoms with Gasteiger partial charge < -0.3 is 5.73 Å². The zero-order valence-corrected chi connectivity index (χ0v) is 13.4. The number of nitrogens with two attached hydrogens (primary N) is 1. The van der Waals surface area contributed by atoms with Gasteiger partial charge in [0.15, 0.2) is 0 Å². The minimum absolute atomic E-state index is 0.0326. The second-order valence-electron chi connectivity index (χ2n) is 5.67. The highest BCUT2D eigenvalue weighted by molar-refractivity contribution is 6.10. The van der Waals surface area contributed by atoms with Crippen LogP contribution < -0.4 is 5.73 Å². The van der Waals surface area contributed by atoms with Crippen LogP contribution in [-0.2, 0) is 6.42 Å². The smallest absolute Gasteiger partial charge is 0.269 e. The second kappa shape index (κ2) is 6.20. The minimum atomic E-state index is -0.587. The number of carbonyl (C=O) groups is 2. The number of amides is 1. The van der Waals surface area contributed by atoms with E-state index in [1.54, 1.807) is 43.3 Å². The summed E-state index contributed by atoms with van der Waals surface area (Å²) in [5.74, 6) is -0.828. The number of nitrogens with zero attached hydrogens (tertiary/aromatic N) is 2. The maximum Gasteiger partial charge on any atom is 0.269 e. The van der Waals surface area contributed by atoms with E-state index in [4.69, 9.17) is 5.73 Å². The lowest BCUT2D eigenvalue weighted by Crippen LogP contribution is -2.17. The molecule has 0 aliphatic carbocycles. The van der Waals surface area contributed by atoms with Crippen molar-refractivity contribution in [2.45, 2.75) is 13.3 Å². The van der Waals surface area contributed by atoms with Gasteiger partial charge in [-0.05, 0) is 18.6 Å². The number of aromatic nitrogens is 1. The van der Waals surface area contributed by atoms with E-state index in [1.165, 1.54) is 16.7 Å². The molecule has 3 rings (SSSR count). The van der Waals surface area contributed by atoms with Crippen LogP contribution in [0.3, 0.4) is 0 Å². The molecule has 1 heterocycles. The minimum Gasteiger partial charge on any atom is -0.366 e. The van der Waals surface area contributed by atoms with Crippen molar-refractivity contribution in [2.75, 3.05) is 0 Å². The average Bonchev–Trinajstić information content (AvgIpc) is 2.87. The lowest BCUT2D eigenvalue weighted by molar-refractivity contribution is -0.384. The number of nitro benzene ring substituents is 1. The van der Waals surface area contributed by atoms with Crippen molar-refractivity contribution in [2.24, 2.45) is 5.73 Å². The Balaban J connectivity index is 2.01. The van der Waals surface area contributed by atoms with Crippen LogP contribution in [0.5, 0.6) is 0 Å². The van der Waals surface area contributed by atoms with Crippen LogP contribution in [-0.4, -0.2) is 21.3 Å². The van der Waals surface area contributed by atoms with Crippen molar-refractivity contribution in [1.29, 1.82) is 0 Å². The molecule has 2 N–H and O–H groups in total. The molecule has 0 atom stereocenters. The molecular weight excluding hydrogens is 322 g/mol. The fourth-order valence-corrected chi connectivity index (χ4v) is 2.99. The third-order valence-electron chi connectivity index (χ3n) is 4.11. The number of hydrogen-bond acceptors (Lipinski definition) is 4. The van der Waals surface area contributed by atoms with E-state index >= 15 is 0 Å². The van der Waals surface area contributed by atoms with Crippen molar-refractivity contribution < 1.29 is 14.5 Å². The molecule has 25 heavy (non-hydrogen) atoms. The molecule has 0 aliphatic heterocycles. The van der Waals surface area contributed by atoms with E-state index in [0.29, 0.717) is 27.7 Å². The summed E-state index contributed by atoms with van der Waals surface area (Å²) in [6.45, 7) is 1.67. The van der Waals surface area contributed by atoms with E-state index in [0.717, 1.165) is 0 Å². The van der Waals surface area contributed by atoms with Crippen molar-refractivity contribution in [3.8, 4) is 0 Å². The summed E-state index contributed by atoms with van der Waals surface area (Å²) in [5.41, 5.74) is 7.50. The number of nitro groups is 1. The van der Waals surface area contributed by atoms with E-state index in [-0.39, 0.29) is 18.0 Å². The van der Waals surface area contributed by atoms with Gasteiger partial charge in [-0.2, -0.15) is 0 Å². The molecule has 0 saturated carbocycles. The van der Waals surface area contributed by atoms with Gasteiger partial charge in [-0.3, -0.25) is 24.3 Å². The Morgan fingerprint density at radius 2 is 1.76 bits per heavy atom. The highest BCUT2D eigenvalue weighted by Crippen LogP contribution is 2.26. The summed E-state index contributed by atoms with van der Waals surface area (Å²) in [6, 6.07) is 12.9. The summed E-state index contributed by atoms with van der Waals surface area (Å²) in [6.07, 6.45) is 0.0513. The van der Waals surface area contributed by atoms with Crippen LogP contribution in [0, 0.1) is 17.0 Å². The molecule has 0 unspecified atom stereocenters. The van der Waals surface area contributed by atoms with Crippen LogP contribution in [0.2, 0.25) is 0 Å². The van der Waals surface area contributed by atoms with Gasteiger partial charge in [0.05, 0.1) is 22.4 Å². The first-order valence-electron chi connectivity index (χ1n) is 7.56. The maximum atomic E-state index is 12.8. The molecule has 0 radical (unpaired) electrons. The Kier molecular flexibility index (Phi) is 4.06. The Labute approximate surface area is 142 Å². The van der Waals surface area contributed by atoms with Gasteiger partial charge in [-0.15, -0.1) is 0 Å². The van der Waals surface area contributed by atoms with Gasteiger partial charge in [0, 0.05) is 23.2 Å². The molecule has 1 amide bonds. The standard InChI is InChI=1S/C18H15N3O4/c1-11-17(18(19)23)14-4-2-3-5-15(14)20(11)16(22)10-12-6-8-13(9-7-12)21(24)25/h2-9H,10H2,1H3,(H2,19,23). The van der Waals surface area contributed by atoms with E-state index in [2.05, 4.69) is 0 Å². The lowest BCUT2D eigenvalue weighted by atomic mass is 10.1. The number of benzene rings is 2. The van der Waals surface area contributed by atoms with Gasteiger partial charge in [0.25, 0.3) is 11.6 Å². The molecule has 0 saturated heterocycles. The van der Waals surface area contributed by atoms with Crippen molar-refractivity contribution in [3.05, 3.63) is 75.5 Å². The van der Waals surface area contributed by atoms with Crippen molar-refractivity contribution in [3.63, 3.8) is 0 Å². The van der Waals surface area contributed by atoms with Gasteiger partial charge in [-0.25, -0.2) is 0 Å². The molecule has 2 aromatic carbocycles. The van der Waals surface area contributed by atoms with E-state index in [9.17, 15) is 19.7 Å². The number of fused-ring (bicyclic) bond motifs is 1. The third-order valence-corrected chi connectivity index (χ3v) is 4.11. The fraction of sp³-hybridized carbons (Fsp3) is 0.111. The normalized spacial score (nSPS) is 10.8. The zero-order valence-electron chi connectivity index (χ0n) is 13.4. The Morgan fingerprint density at radius 3 is 2.36 bits per heavy atom. The topological polar surface area (TPSA) is 108 Å². The monoisotopic (exact) mass is 337 g/mol. The summed E-state index contributed by atoms with van der Waals surface area (Å²) in [4.78, 5) is 34.8. The largest absolute Gasteiger partial charge is 0.366 e. The molecule has 1 aromatic heterocycles. The fourth-order valence-electron chi connectivity index (χ4n) is 2.99. The lowest BCUT2D eigenvalue weighted by Gasteiger charge is -2.07. The third kappa shape index (κ3) is 2.87. The van der Waals surface area contributed by atoms with E-state index in [1.807, 2.05) is 0 Å². The predicted molar refractivity (Wildman–Crippen MR) is 92.6 cm³/mol. The van der Waals surface area contributed by atoms with E-state index < -0.39 is 10.8 Å². The zero-order chi connectivity index (χ0) is 18.1.